The van der Waals surface area contributed by atoms with E-state index in [1.165, 1.54) is 0 Å². The number of hydrogen-bond donors (Lipinski definition) is 2. The lowest BCUT2D eigenvalue weighted by Gasteiger charge is -2.07. The van der Waals surface area contributed by atoms with E-state index in [2.05, 4.69) is 5.32 Å². The second-order valence-corrected chi connectivity index (χ2v) is 4.78. The summed E-state index contributed by atoms with van der Waals surface area (Å²) in [6, 6.07) is 5.00. The fraction of sp³-hybridized carbons (Fsp3) is 0.462. The average molecular weight is 290 g/mol. The number of nitrogens with one attached hydrogen (secondary N) is 1. The highest BCUT2D eigenvalue weighted by molar-refractivity contribution is 6.43. The number of unbranched alkanes of at least 4 members (excludes halogenated alkanes) is 3. The van der Waals surface area contributed by atoms with Crippen molar-refractivity contribution in [2.24, 2.45) is 0 Å². The molecule has 3 nitrogen and oxygen atoms in total. The predicted octanol–water partition coefficient (Wildman–Crippen LogP) is 3.28. The van der Waals surface area contributed by atoms with Crippen LogP contribution in [0.15, 0.2) is 18.2 Å². The number of amides is 1. The number of hydrogen-bond acceptors (Lipinski definition) is 2. The van der Waals surface area contributed by atoms with Crippen LogP contribution in [0.1, 0.15) is 36.0 Å². The molecule has 0 fully saturated rings. The van der Waals surface area contributed by atoms with E-state index in [0.29, 0.717) is 17.1 Å². The van der Waals surface area contributed by atoms with Crippen LogP contribution in [-0.4, -0.2) is 24.2 Å². The van der Waals surface area contributed by atoms with Gasteiger partial charge in [0.05, 0.1) is 15.6 Å². The van der Waals surface area contributed by atoms with Crippen molar-refractivity contribution in [1.29, 1.82) is 0 Å². The first-order valence-corrected chi connectivity index (χ1v) is 6.75. The molecule has 1 aromatic rings. The molecule has 0 aliphatic carbocycles. The third-order valence-electron chi connectivity index (χ3n) is 2.57. The van der Waals surface area contributed by atoms with E-state index in [1.54, 1.807) is 18.2 Å². The molecule has 1 aromatic carbocycles. The molecule has 0 spiro atoms. The molecule has 1 amide bonds. The molecular formula is C13H17Cl2NO2. The second-order valence-electron chi connectivity index (χ2n) is 4.00. The molecular weight excluding hydrogens is 273 g/mol. The van der Waals surface area contributed by atoms with Crippen LogP contribution in [0.3, 0.4) is 0 Å². The van der Waals surface area contributed by atoms with Crippen molar-refractivity contribution in [3.8, 4) is 0 Å². The van der Waals surface area contributed by atoms with Crippen LogP contribution in [-0.2, 0) is 0 Å². The Bertz CT molecular complexity index is 397. The Morgan fingerprint density at radius 3 is 2.61 bits per heavy atom. The maximum Gasteiger partial charge on any atom is 0.252 e. The molecule has 0 atom stereocenters. The summed E-state index contributed by atoms with van der Waals surface area (Å²) in [6.45, 7) is 0.831. The van der Waals surface area contributed by atoms with Gasteiger partial charge in [0, 0.05) is 13.2 Å². The standard InChI is InChI=1S/C13H17Cl2NO2/c14-11-7-5-6-10(12(11)15)13(18)16-8-3-1-2-4-9-17/h5-7,17H,1-4,8-9H2,(H,16,18). The molecule has 0 unspecified atom stereocenters. The second kappa shape index (κ2) is 8.35. The Morgan fingerprint density at radius 2 is 1.89 bits per heavy atom. The first-order chi connectivity index (χ1) is 8.66. The molecule has 0 saturated carbocycles. The molecule has 0 radical (unpaired) electrons. The van der Waals surface area contributed by atoms with Crippen LogP contribution < -0.4 is 5.32 Å². The number of aliphatic hydroxyl groups is 1. The first-order valence-electron chi connectivity index (χ1n) is 6.00. The van der Waals surface area contributed by atoms with Gasteiger partial charge in [0.1, 0.15) is 0 Å². The van der Waals surface area contributed by atoms with Gasteiger partial charge in [0.15, 0.2) is 0 Å². The van der Waals surface area contributed by atoms with Crippen molar-refractivity contribution in [3.05, 3.63) is 33.8 Å². The fourth-order valence-corrected chi connectivity index (χ4v) is 1.95. The van der Waals surface area contributed by atoms with Gasteiger partial charge in [-0.15, -0.1) is 0 Å². The minimum atomic E-state index is -0.204. The summed E-state index contributed by atoms with van der Waals surface area (Å²) < 4.78 is 0. The van der Waals surface area contributed by atoms with E-state index in [4.69, 9.17) is 28.3 Å². The molecule has 0 aliphatic heterocycles. The van der Waals surface area contributed by atoms with E-state index in [1.807, 2.05) is 0 Å². The third kappa shape index (κ3) is 4.84. The number of halogens is 2. The smallest absolute Gasteiger partial charge is 0.252 e. The lowest BCUT2D eigenvalue weighted by atomic mass is 10.2. The molecule has 0 aromatic heterocycles. The van der Waals surface area contributed by atoms with Crippen LogP contribution in [0.4, 0.5) is 0 Å². The van der Waals surface area contributed by atoms with Gasteiger partial charge in [-0.1, -0.05) is 42.1 Å². The van der Waals surface area contributed by atoms with Crippen molar-refractivity contribution >= 4 is 29.1 Å². The zero-order valence-corrected chi connectivity index (χ0v) is 11.6. The molecule has 0 bridgehead atoms. The quantitative estimate of drug-likeness (QED) is 0.757. The van der Waals surface area contributed by atoms with Crippen LogP contribution in [0.5, 0.6) is 0 Å². The molecule has 0 aliphatic rings. The van der Waals surface area contributed by atoms with Crippen molar-refractivity contribution in [3.63, 3.8) is 0 Å². The maximum atomic E-state index is 11.8. The van der Waals surface area contributed by atoms with E-state index < -0.39 is 0 Å². The Kier molecular flexibility index (Phi) is 7.09. The van der Waals surface area contributed by atoms with Gasteiger partial charge in [-0.2, -0.15) is 0 Å². The number of aliphatic hydroxyl groups excluding tert-OH is 1. The summed E-state index contributed by atoms with van der Waals surface area (Å²) in [6.07, 6.45) is 3.67. The SMILES string of the molecule is O=C(NCCCCCCO)c1cccc(Cl)c1Cl. The van der Waals surface area contributed by atoms with Crippen molar-refractivity contribution in [2.45, 2.75) is 25.7 Å². The van der Waals surface area contributed by atoms with Crippen molar-refractivity contribution in [1.82, 2.24) is 5.32 Å². The summed E-state index contributed by atoms with van der Waals surface area (Å²) in [5.74, 6) is -0.204. The van der Waals surface area contributed by atoms with Gasteiger partial charge in [0.25, 0.3) is 5.91 Å². The lowest BCUT2D eigenvalue weighted by molar-refractivity contribution is 0.0953. The van der Waals surface area contributed by atoms with Crippen LogP contribution in [0.2, 0.25) is 10.0 Å². The van der Waals surface area contributed by atoms with Crippen molar-refractivity contribution < 1.29 is 9.90 Å². The summed E-state index contributed by atoms with van der Waals surface area (Å²) in [5.41, 5.74) is 0.402. The third-order valence-corrected chi connectivity index (χ3v) is 3.39. The molecule has 1 rings (SSSR count). The van der Waals surface area contributed by atoms with Crippen LogP contribution >= 0.6 is 23.2 Å². The molecule has 2 N–H and O–H groups in total. The van der Waals surface area contributed by atoms with Crippen LogP contribution in [0.25, 0.3) is 0 Å². The summed E-state index contributed by atoms with van der Waals surface area (Å²) in [5, 5.41) is 12.1. The Balaban J connectivity index is 2.35. The Morgan fingerprint density at radius 1 is 1.17 bits per heavy atom. The average Bonchev–Trinajstić information content (AvgIpc) is 2.36. The maximum absolute atomic E-state index is 11.8. The van der Waals surface area contributed by atoms with Crippen LogP contribution in [0, 0.1) is 0 Å². The molecule has 0 saturated heterocycles. The molecule has 5 heteroatoms. The number of benzene rings is 1. The number of carbonyl (C=O) groups is 1. The fourth-order valence-electron chi connectivity index (χ4n) is 1.57. The Labute approximate surface area is 117 Å². The number of carbonyl (C=O) groups excluding carboxylic acids is 1. The summed E-state index contributed by atoms with van der Waals surface area (Å²) >= 11 is 11.8. The van der Waals surface area contributed by atoms with Gasteiger partial charge < -0.3 is 10.4 Å². The normalized spacial score (nSPS) is 10.4. The minimum Gasteiger partial charge on any atom is -0.396 e. The topological polar surface area (TPSA) is 49.3 Å². The van der Waals surface area contributed by atoms with Crippen molar-refractivity contribution in [2.75, 3.05) is 13.2 Å². The summed E-state index contributed by atoms with van der Waals surface area (Å²) in [7, 11) is 0. The van der Waals surface area contributed by atoms with E-state index in [9.17, 15) is 4.79 Å². The molecule has 100 valence electrons. The predicted molar refractivity (Wildman–Crippen MR) is 74.3 cm³/mol. The highest BCUT2D eigenvalue weighted by atomic mass is 35.5. The monoisotopic (exact) mass is 289 g/mol. The Hall–Kier alpha value is -0.770. The van der Waals surface area contributed by atoms with Gasteiger partial charge in [-0.3, -0.25) is 4.79 Å². The van der Waals surface area contributed by atoms with E-state index >= 15 is 0 Å². The van der Waals surface area contributed by atoms with E-state index in [-0.39, 0.29) is 17.5 Å². The lowest BCUT2D eigenvalue weighted by Crippen LogP contribution is -2.24. The highest BCUT2D eigenvalue weighted by Gasteiger charge is 2.11. The van der Waals surface area contributed by atoms with E-state index in [0.717, 1.165) is 25.7 Å². The zero-order valence-electron chi connectivity index (χ0n) is 10.1. The first kappa shape index (κ1) is 15.3. The summed E-state index contributed by atoms with van der Waals surface area (Å²) in [4.78, 5) is 11.8. The van der Waals surface area contributed by atoms with Gasteiger partial charge >= 0.3 is 0 Å². The largest absolute Gasteiger partial charge is 0.396 e. The zero-order chi connectivity index (χ0) is 13.4. The van der Waals surface area contributed by atoms with Gasteiger partial charge in [-0.25, -0.2) is 0 Å². The van der Waals surface area contributed by atoms with Gasteiger partial charge in [0.2, 0.25) is 0 Å². The molecule has 18 heavy (non-hydrogen) atoms. The number of rotatable bonds is 7. The highest BCUT2D eigenvalue weighted by Crippen LogP contribution is 2.25. The van der Waals surface area contributed by atoms with Gasteiger partial charge in [-0.05, 0) is 25.0 Å². The molecule has 0 heterocycles. The minimum absolute atomic E-state index is 0.204.